The van der Waals surface area contributed by atoms with Gasteiger partial charge >= 0.3 is 0 Å². The van der Waals surface area contributed by atoms with Gasteiger partial charge in [-0.1, -0.05) is 57.1 Å². The zero-order valence-corrected chi connectivity index (χ0v) is 27.3. The van der Waals surface area contributed by atoms with E-state index in [0.29, 0.717) is 42.0 Å². The van der Waals surface area contributed by atoms with Gasteiger partial charge in [-0.2, -0.15) is 0 Å². The molecule has 0 aromatic heterocycles. The first-order valence-corrected chi connectivity index (χ1v) is 16.0. The van der Waals surface area contributed by atoms with Crippen molar-refractivity contribution in [2.75, 3.05) is 32.7 Å². The highest BCUT2D eigenvalue weighted by molar-refractivity contribution is 5.89. The monoisotopic (exact) mass is 594 g/mol. The maximum absolute atomic E-state index is 15.5. The summed E-state index contributed by atoms with van der Waals surface area (Å²) in [7, 11) is 0. The number of rotatable bonds is 14. The standard InChI is InChI=1S/C36H52F2N4O/c1-8-10-13-32(31-21-27(4)28(5)33(37)22-31)34(38)23-39-29(6)40-36(7,16-9-2)17-14-30-24-42(20-15-26(30)3)35(43)25-41-18-11-12-19-41/h14,17,21-23,40H,6,8-13,15-16,18-20,24-25H2,1-5,7H3/b17-14-,34-32-,39-23-. The lowest BCUT2D eigenvalue weighted by molar-refractivity contribution is -0.132. The van der Waals surface area contributed by atoms with Crippen LogP contribution in [0.25, 0.3) is 5.57 Å². The van der Waals surface area contributed by atoms with Gasteiger partial charge in [-0.05, 0) is 113 Å². The molecule has 1 unspecified atom stereocenters. The van der Waals surface area contributed by atoms with Crippen LogP contribution in [0.1, 0.15) is 95.8 Å². The van der Waals surface area contributed by atoms with Crippen LogP contribution in [-0.4, -0.2) is 60.2 Å². The van der Waals surface area contributed by atoms with E-state index in [1.54, 1.807) is 6.92 Å². The minimum absolute atomic E-state index is 0.203. The predicted octanol–water partition coefficient (Wildman–Crippen LogP) is 8.20. The number of carbonyl (C=O) groups excluding carboxylic acids is 1. The van der Waals surface area contributed by atoms with Crippen molar-refractivity contribution in [1.29, 1.82) is 0 Å². The van der Waals surface area contributed by atoms with Crippen molar-refractivity contribution < 1.29 is 13.6 Å². The van der Waals surface area contributed by atoms with Gasteiger partial charge in [-0.3, -0.25) is 9.69 Å². The normalized spacial score (nSPS) is 18.5. The second-order valence-electron chi connectivity index (χ2n) is 12.5. The molecule has 2 heterocycles. The summed E-state index contributed by atoms with van der Waals surface area (Å²) in [4.78, 5) is 21.5. The van der Waals surface area contributed by atoms with Crippen molar-refractivity contribution in [2.24, 2.45) is 4.99 Å². The molecule has 0 radical (unpaired) electrons. The molecule has 0 saturated carbocycles. The first-order chi connectivity index (χ1) is 20.5. The van der Waals surface area contributed by atoms with Crippen molar-refractivity contribution in [2.45, 2.75) is 98.4 Å². The molecular formula is C36H52F2N4O. The lowest BCUT2D eigenvalue weighted by atomic mass is 9.92. The molecule has 1 amide bonds. The first kappa shape index (κ1) is 34.4. The topological polar surface area (TPSA) is 47.9 Å². The second-order valence-corrected chi connectivity index (χ2v) is 12.5. The summed E-state index contributed by atoms with van der Waals surface area (Å²) < 4.78 is 30.0. The fourth-order valence-electron chi connectivity index (χ4n) is 5.83. The Labute approximate surface area is 258 Å². The number of unbranched alkanes of at least 4 members (excludes halogenated alkanes) is 1. The molecular weight excluding hydrogens is 542 g/mol. The van der Waals surface area contributed by atoms with Crippen LogP contribution in [0.4, 0.5) is 8.78 Å². The van der Waals surface area contributed by atoms with Crippen LogP contribution in [0.15, 0.2) is 58.7 Å². The zero-order valence-electron chi connectivity index (χ0n) is 27.3. The number of carbonyl (C=O) groups is 1. The summed E-state index contributed by atoms with van der Waals surface area (Å²) >= 11 is 0. The van der Waals surface area contributed by atoms with E-state index < -0.39 is 11.4 Å². The van der Waals surface area contributed by atoms with Gasteiger partial charge in [-0.15, -0.1) is 0 Å². The van der Waals surface area contributed by atoms with Crippen LogP contribution in [0.2, 0.25) is 0 Å². The molecule has 0 bridgehead atoms. The number of hydrogen-bond acceptors (Lipinski definition) is 4. The SMILES string of the molecule is C=C(/N=C\C(F)=C(/CCCC)c1cc(C)c(C)c(F)c1)NC(C)(/C=C\C1=C(C)CCN(C(=O)CN2CCCC2)C1)CCC. The van der Waals surface area contributed by atoms with Crippen LogP contribution >= 0.6 is 0 Å². The van der Waals surface area contributed by atoms with E-state index in [0.717, 1.165) is 62.9 Å². The average Bonchev–Trinajstić information content (AvgIpc) is 3.47. The van der Waals surface area contributed by atoms with Crippen molar-refractivity contribution in [3.8, 4) is 0 Å². The average molecular weight is 595 g/mol. The molecule has 2 aliphatic heterocycles. The largest absolute Gasteiger partial charge is 0.362 e. The molecule has 2 aliphatic rings. The molecule has 43 heavy (non-hydrogen) atoms. The van der Waals surface area contributed by atoms with Gasteiger partial charge in [0, 0.05) is 13.1 Å². The number of nitrogens with zero attached hydrogens (tertiary/aromatic N) is 3. The summed E-state index contributed by atoms with van der Waals surface area (Å²) in [5.74, 6) is -0.249. The van der Waals surface area contributed by atoms with E-state index in [9.17, 15) is 9.18 Å². The third-order valence-electron chi connectivity index (χ3n) is 8.78. The fraction of sp³-hybridized carbons (Fsp3) is 0.556. The molecule has 0 aliphatic carbocycles. The highest BCUT2D eigenvalue weighted by atomic mass is 19.1. The van der Waals surface area contributed by atoms with Gasteiger partial charge in [-0.25, -0.2) is 13.8 Å². The van der Waals surface area contributed by atoms with E-state index in [4.69, 9.17) is 0 Å². The summed E-state index contributed by atoms with van der Waals surface area (Å²) in [6.07, 6.45) is 12.6. The summed E-state index contributed by atoms with van der Waals surface area (Å²) in [6.45, 7) is 19.9. The van der Waals surface area contributed by atoms with Crippen LogP contribution in [0.3, 0.4) is 0 Å². The van der Waals surface area contributed by atoms with E-state index in [1.165, 1.54) is 30.7 Å². The minimum atomic E-state index is -0.478. The molecule has 1 saturated heterocycles. The number of nitrogens with one attached hydrogen (secondary N) is 1. The third kappa shape index (κ3) is 9.99. The molecule has 1 aromatic rings. The Morgan fingerprint density at radius 3 is 2.51 bits per heavy atom. The van der Waals surface area contributed by atoms with Crippen molar-refractivity contribution >= 4 is 17.7 Å². The Balaban J connectivity index is 1.73. The highest BCUT2D eigenvalue weighted by Gasteiger charge is 2.25. The molecule has 1 fully saturated rings. The van der Waals surface area contributed by atoms with Crippen LogP contribution in [0.5, 0.6) is 0 Å². The number of aryl methyl sites for hydroxylation is 1. The number of aliphatic imine (C=N–C) groups is 1. The number of halogens is 2. The van der Waals surface area contributed by atoms with E-state index >= 15 is 4.39 Å². The van der Waals surface area contributed by atoms with Gasteiger partial charge in [0.2, 0.25) is 5.91 Å². The zero-order chi connectivity index (χ0) is 31.6. The van der Waals surface area contributed by atoms with Gasteiger partial charge in [0.25, 0.3) is 0 Å². The number of benzene rings is 1. The Morgan fingerprint density at radius 2 is 1.86 bits per heavy atom. The second kappa shape index (κ2) is 16.1. The maximum atomic E-state index is 15.5. The Hall–Kier alpha value is -3.06. The quantitative estimate of drug-likeness (QED) is 0.221. The molecule has 7 heteroatoms. The highest BCUT2D eigenvalue weighted by Crippen LogP contribution is 2.28. The maximum Gasteiger partial charge on any atom is 0.237 e. The van der Waals surface area contributed by atoms with Crippen molar-refractivity contribution in [3.63, 3.8) is 0 Å². The predicted molar refractivity (Wildman–Crippen MR) is 176 cm³/mol. The van der Waals surface area contributed by atoms with Crippen LogP contribution < -0.4 is 5.32 Å². The molecule has 5 nitrogen and oxygen atoms in total. The lowest BCUT2D eigenvalue weighted by Gasteiger charge is -2.32. The van der Waals surface area contributed by atoms with Gasteiger partial charge in [0.1, 0.15) is 17.5 Å². The van der Waals surface area contributed by atoms with Crippen molar-refractivity contribution in [1.82, 2.24) is 15.1 Å². The smallest absolute Gasteiger partial charge is 0.237 e. The molecule has 1 N–H and O–H groups in total. The molecule has 236 valence electrons. The molecule has 0 spiro atoms. The summed E-state index contributed by atoms with van der Waals surface area (Å²) in [5.41, 5.74) is 4.39. The van der Waals surface area contributed by atoms with Crippen LogP contribution in [-0.2, 0) is 4.79 Å². The number of amides is 1. The Bertz CT molecular complexity index is 1250. The first-order valence-electron chi connectivity index (χ1n) is 16.0. The Kier molecular flexibility index (Phi) is 12.9. The van der Waals surface area contributed by atoms with E-state index in [2.05, 4.69) is 54.7 Å². The van der Waals surface area contributed by atoms with E-state index in [1.807, 2.05) is 24.8 Å². The van der Waals surface area contributed by atoms with Crippen molar-refractivity contribution in [3.05, 3.63) is 76.2 Å². The molecule has 1 aromatic carbocycles. The molecule has 3 rings (SSSR count). The Morgan fingerprint density at radius 1 is 1.14 bits per heavy atom. The lowest BCUT2D eigenvalue weighted by Crippen LogP contribution is -2.43. The molecule has 1 atom stereocenters. The van der Waals surface area contributed by atoms with Gasteiger partial charge in [0.05, 0.1) is 18.3 Å². The number of likely N-dealkylation sites (tertiary alicyclic amines) is 1. The third-order valence-corrected chi connectivity index (χ3v) is 8.78. The number of hydrogen-bond donors (Lipinski definition) is 1. The van der Waals surface area contributed by atoms with Gasteiger partial charge in [0.15, 0.2) is 0 Å². The minimum Gasteiger partial charge on any atom is -0.362 e. The summed E-state index contributed by atoms with van der Waals surface area (Å²) in [6, 6.07) is 3.26. The fourth-order valence-corrected chi connectivity index (χ4v) is 5.83. The number of allylic oxidation sites excluding steroid dienone is 2. The summed E-state index contributed by atoms with van der Waals surface area (Å²) in [5, 5.41) is 3.40. The van der Waals surface area contributed by atoms with E-state index in [-0.39, 0.29) is 11.7 Å². The van der Waals surface area contributed by atoms with Crippen LogP contribution in [0, 0.1) is 19.7 Å². The van der Waals surface area contributed by atoms with Gasteiger partial charge < -0.3 is 10.2 Å².